The van der Waals surface area contributed by atoms with Gasteiger partial charge in [0.05, 0.1) is 26.6 Å². The summed E-state index contributed by atoms with van der Waals surface area (Å²) < 4.78 is 9.43. The molecule has 0 spiro atoms. The molecule has 0 aliphatic carbocycles. The van der Waals surface area contributed by atoms with Crippen molar-refractivity contribution in [2.24, 2.45) is 0 Å². The maximum absolute atomic E-state index is 11.2. The first-order valence-electron chi connectivity index (χ1n) is 6.43. The maximum Gasteiger partial charge on any atom is 0.306 e. The number of carbonyl (C=O) groups excluding carboxylic acids is 2. The Morgan fingerprint density at radius 3 is 2.12 bits per heavy atom. The summed E-state index contributed by atoms with van der Waals surface area (Å²) >= 11 is 0. The van der Waals surface area contributed by atoms with Gasteiger partial charge in [-0.25, -0.2) is 0 Å². The van der Waals surface area contributed by atoms with Crippen molar-refractivity contribution in [3.8, 4) is 0 Å². The highest BCUT2D eigenvalue weighted by atomic mass is 16.5. The highest BCUT2D eigenvalue weighted by molar-refractivity contribution is 5.77. The Bertz CT molecular complexity index is 213. The number of hydrogen-bond donors (Lipinski definition) is 0. The number of unbranched alkanes of at least 4 members (excludes halogenated alkanes) is 5. The highest BCUT2D eigenvalue weighted by Crippen LogP contribution is 2.05. The number of rotatable bonds is 10. The molecule has 0 heterocycles. The SMILES string of the molecule is CCCCCCCCOC(=O)CCC(=O)OC. The van der Waals surface area contributed by atoms with Crippen LogP contribution in [-0.4, -0.2) is 25.7 Å². The topological polar surface area (TPSA) is 52.6 Å². The highest BCUT2D eigenvalue weighted by Gasteiger charge is 2.07. The molecule has 0 aliphatic rings. The molecule has 17 heavy (non-hydrogen) atoms. The third-order valence-corrected chi connectivity index (χ3v) is 2.52. The Balaban J connectivity index is 3.25. The number of esters is 2. The lowest BCUT2D eigenvalue weighted by Crippen LogP contribution is -2.09. The molecule has 0 aliphatic heterocycles. The molecule has 0 rings (SSSR count). The Morgan fingerprint density at radius 2 is 1.47 bits per heavy atom. The zero-order chi connectivity index (χ0) is 12.9. The minimum atomic E-state index is -0.374. The molecular formula is C13H24O4. The van der Waals surface area contributed by atoms with Gasteiger partial charge < -0.3 is 9.47 Å². The van der Waals surface area contributed by atoms with Gasteiger partial charge in [-0.2, -0.15) is 0 Å². The number of ether oxygens (including phenoxy) is 2. The van der Waals surface area contributed by atoms with Crippen molar-refractivity contribution in [1.29, 1.82) is 0 Å². The van der Waals surface area contributed by atoms with Crippen LogP contribution in [0.4, 0.5) is 0 Å². The lowest BCUT2D eigenvalue weighted by atomic mass is 10.1. The molecule has 0 bridgehead atoms. The molecule has 0 aromatic heterocycles. The fourth-order valence-corrected chi connectivity index (χ4v) is 1.45. The van der Waals surface area contributed by atoms with E-state index in [1.165, 1.54) is 32.8 Å². The van der Waals surface area contributed by atoms with E-state index in [9.17, 15) is 9.59 Å². The van der Waals surface area contributed by atoms with Crippen LogP contribution in [0.1, 0.15) is 58.3 Å². The maximum atomic E-state index is 11.2. The lowest BCUT2D eigenvalue weighted by molar-refractivity contribution is -0.149. The second-order valence-electron chi connectivity index (χ2n) is 4.06. The molecule has 0 atom stereocenters. The van der Waals surface area contributed by atoms with Gasteiger partial charge in [0.1, 0.15) is 0 Å². The second-order valence-corrected chi connectivity index (χ2v) is 4.06. The zero-order valence-electron chi connectivity index (χ0n) is 11.0. The average molecular weight is 244 g/mol. The quantitative estimate of drug-likeness (QED) is 0.438. The first-order chi connectivity index (χ1) is 8.20. The fourth-order valence-electron chi connectivity index (χ4n) is 1.45. The van der Waals surface area contributed by atoms with E-state index in [0.717, 1.165) is 12.8 Å². The van der Waals surface area contributed by atoms with Crippen molar-refractivity contribution in [2.45, 2.75) is 58.3 Å². The predicted molar refractivity (Wildman–Crippen MR) is 65.6 cm³/mol. The summed E-state index contributed by atoms with van der Waals surface area (Å²) in [5.41, 5.74) is 0. The molecule has 0 amide bonds. The Morgan fingerprint density at radius 1 is 0.882 bits per heavy atom. The van der Waals surface area contributed by atoms with Crippen LogP contribution < -0.4 is 0 Å². The van der Waals surface area contributed by atoms with Crippen molar-refractivity contribution >= 4 is 11.9 Å². The second kappa shape index (κ2) is 11.4. The first kappa shape index (κ1) is 15.9. The van der Waals surface area contributed by atoms with Crippen molar-refractivity contribution in [2.75, 3.05) is 13.7 Å². The molecule has 100 valence electrons. The van der Waals surface area contributed by atoms with Crippen LogP contribution >= 0.6 is 0 Å². The minimum Gasteiger partial charge on any atom is -0.469 e. The Labute approximate surface area is 104 Å². The summed E-state index contributed by atoms with van der Waals surface area (Å²) in [6.45, 7) is 2.65. The number of carbonyl (C=O) groups is 2. The van der Waals surface area contributed by atoms with Gasteiger partial charge in [0, 0.05) is 0 Å². The van der Waals surface area contributed by atoms with Crippen molar-refractivity contribution in [3.63, 3.8) is 0 Å². The average Bonchev–Trinajstić information content (AvgIpc) is 2.34. The van der Waals surface area contributed by atoms with E-state index >= 15 is 0 Å². The van der Waals surface area contributed by atoms with Gasteiger partial charge in [0.25, 0.3) is 0 Å². The molecule has 0 saturated carbocycles. The van der Waals surface area contributed by atoms with Gasteiger partial charge in [-0.1, -0.05) is 39.0 Å². The molecule has 0 aromatic carbocycles. The largest absolute Gasteiger partial charge is 0.469 e. The summed E-state index contributed by atoms with van der Waals surface area (Å²) in [4.78, 5) is 21.9. The van der Waals surface area contributed by atoms with E-state index in [-0.39, 0.29) is 24.8 Å². The third kappa shape index (κ3) is 11.2. The molecule has 4 nitrogen and oxygen atoms in total. The summed E-state index contributed by atoms with van der Waals surface area (Å²) in [7, 11) is 1.31. The number of hydrogen-bond acceptors (Lipinski definition) is 4. The van der Waals surface area contributed by atoms with Gasteiger partial charge in [0.15, 0.2) is 0 Å². The molecular weight excluding hydrogens is 220 g/mol. The van der Waals surface area contributed by atoms with Crippen LogP contribution in [-0.2, 0) is 19.1 Å². The van der Waals surface area contributed by atoms with Crippen LogP contribution in [0.3, 0.4) is 0 Å². The van der Waals surface area contributed by atoms with Crippen LogP contribution in [0.2, 0.25) is 0 Å². The third-order valence-electron chi connectivity index (χ3n) is 2.52. The lowest BCUT2D eigenvalue weighted by Gasteiger charge is -2.04. The smallest absolute Gasteiger partial charge is 0.306 e. The summed E-state index contributed by atoms with van der Waals surface area (Å²) in [5.74, 6) is -0.689. The van der Waals surface area contributed by atoms with Gasteiger partial charge in [-0.15, -0.1) is 0 Å². The van der Waals surface area contributed by atoms with Gasteiger partial charge in [-0.3, -0.25) is 9.59 Å². The summed E-state index contributed by atoms with van der Waals surface area (Å²) in [6, 6.07) is 0. The first-order valence-corrected chi connectivity index (χ1v) is 6.43. The summed E-state index contributed by atoms with van der Waals surface area (Å²) in [6.07, 6.45) is 7.20. The van der Waals surface area contributed by atoms with E-state index in [0.29, 0.717) is 6.61 Å². The monoisotopic (exact) mass is 244 g/mol. The molecule has 0 aromatic rings. The van der Waals surface area contributed by atoms with Crippen molar-refractivity contribution in [3.05, 3.63) is 0 Å². The van der Waals surface area contributed by atoms with E-state index < -0.39 is 0 Å². The molecule has 4 heteroatoms. The zero-order valence-corrected chi connectivity index (χ0v) is 11.0. The fraction of sp³-hybridized carbons (Fsp3) is 0.846. The van der Waals surface area contributed by atoms with E-state index in [4.69, 9.17) is 4.74 Å². The minimum absolute atomic E-state index is 0.103. The van der Waals surface area contributed by atoms with Gasteiger partial charge in [-0.05, 0) is 6.42 Å². The van der Waals surface area contributed by atoms with Gasteiger partial charge >= 0.3 is 11.9 Å². The van der Waals surface area contributed by atoms with Gasteiger partial charge in [0.2, 0.25) is 0 Å². The standard InChI is InChI=1S/C13H24O4/c1-3-4-5-6-7-8-11-17-13(15)10-9-12(14)16-2/h3-11H2,1-2H3. The van der Waals surface area contributed by atoms with Crippen molar-refractivity contribution < 1.29 is 19.1 Å². The van der Waals surface area contributed by atoms with Crippen LogP contribution in [0.25, 0.3) is 0 Å². The summed E-state index contributed by atoms with van der Waals surface area (Å²) in [5, 5.41) is 0. The Kier molecular flexibility index (Phi) is 10.7. The normalized spacial score (nSPS) is 10.0. The van der Waals surface area contributed by atoms with Crippen LogP contribution in [0, 0.1) is 0 Å². The Hall–Kier alpha value is -1.06. The van der Waals surface area contributed by atoms with Crippen molar-refractivity contribution in [1.82, 2.24) is 0 Å². The van der Waals surface area contributed by atoms with E-state index in [1.807, 2.05) is 0 Å². The molecule has 0 unspecified atom stereocenters. The number of methoxy groups -OCH3 is 1. The van der Waals surface area contributed by atoms with Crippen LogP contribution in [0.15, 0.2) is 0 Å². The van der Waals surface area contributed by atoms with Crippen LogP contribution in [0.5, 0.6) is 0 Å². The molecule has 0 saturated heterocycles. The molecule has 0 radical (unpaired) electrons. The molecule has 0 N–H and O–H groups in total. The molecule has 0 fully saturated rings. The predicted octanol–water partition coefficient (Wildman–Crippen LogP) is 2.84. The van der Waals surface area contributed by atoms with E-state index in [2.05, 4.69) is 11.7 Å². The van der Waals surface area contributed by atoms with E-state index in [1.54, 1.807) is 0 Å².